The van der Waals surface area contributed by atoms with Gasteiger partial charge in [-0.25, -0.2) is 0 Å². The van der Waals surface area contributed by atoms with Crippen LogP contribution in [0, 0.1) is 0 Å². The quantitative estimate of drug-likeness (QED) is 0.470. The highest BCUT2D eigenvalue weighted by Crippen LogP contribution is 2.53. The largest absolute Gasteiger partial charge is 0.390 e. The molecule has 6 heteroatoms. The molecule has 0 fully saturated rings. The Bertz CT molecular complexity index is 224. The molecule has 5 nitrogen and oxygen atoms in total. The van der Waals surface area contributed by atoms with Crippen LogP contribution >= 0.6 is 7.60 Å². The molecular weight excluding hydrogens is 243 g/mol. The molecular formula is C11H25O5P. The number of hydrogen-bond donors (Lipinski definition) is 2. The lowest BCUT2D eigenvalue weighted by atomic mass is 10.1. The van der Waals surface area contributed by atoms with Gasteiger partial charge < -0.3 is 19.3 Å². The van der Waals surface area contributed by atoms with Crippen LogP contribution in [0.4, 0.5) is 0 Å². The van der Waals surface area contributed by atoms with E-state index in [1.165, 1.54) is 0 Å². The molecule has 0 aromatic heterocycles. The third kappa shape index (κ3) is 5.98. The summed E-state index contributed by atoms with van der Waals surface area (Å²) in [4.78, 5) is 0. The first-order chi connectivity index (χ1) is 8.01. The molecule has 0 aliphatic rings. The molecule has 2 atom stereocenters. The topological polar surface area (TPSA) is 76.0 Å². The fraction of sp³-hybridized carbons (Fsp3) is 1.00. The second-order valence-electron chi connectivity index (χ2n) is 3.85. The van der Waals surface area contributed by atoms with Gasteiger partial charge >= 0.3 is 7.60 Å². The Kier molecular flexibility index (Phi) is 9.10. The van der Waals surface area contributed by atoms with Gasteiger partial charge in [0, 0.05) is 0 Å². The first kappa shape index (κ1) is 17.1. The maximum Gasteiger partial charge on any atom is 0.361 e. The highest BCUT2D eigenvalue weighted by molar-refractivity contribution is 7.54. The molecule has 0 aliphatic heterocycles. The molecule has 0 aromatic rings. The van der Waals surface area contributed by atoms with E-state index in [-0.39, 0.29) is 13.2 Å². The number of rotatable bonds is 10. The van der Waals surface area contributed by atoms with Crippen molar-refractivity contribution < 1.29 is 23.8 Å². The normalized spacial score (nSPS) is 15.8. The van der Waals surface area contributed by atoms with Crippen molar-refractivity contribution in [3.05, 3.63) is 0 Å². The Hall–Kier alpha value is 0.0700. The summed E-state index contributed by atoms with van der Waals surface area (Å²) in [6.07, 6.45) is 2.12. The monoisotopic (exact) mass is 268 g/mol. The van der Waals surface area contributed by atoms with Gasteiger partial charge in [-0.15, -0.1) is 0 Å². The van der Waals surface area contributed by atoms with E-state index in [0.717, 1.165) is 19.3 Å². The first-order valence-electron chi connectivity index (χ1n) is 6.26. The van der Waals surface area contributed by atoms with Crippen molar-refractivity contribution in [2.45, 2.75) is 58.4 Å². The third-order valence-electron chi connectivity index (χ3n) is 2.39. The molecule has 2 N–H and O–H groups in total. The van der Waals surface area contributed by atoms with Crippen molar-refractivity contribution in [1.82, 2.24) is 0 Å². The minimum atomic E-state index is -3.61. The molecule has 0 aromatic carbocycles. The van der Waals surface area contributed by atoms with Crippen molar-refractivity contribution in [2.24, 2.45) is 0 Å². The van der Waals surface area contributed by atoms with Crippen LogP contribution in [0.25, 0.3) is 0 Å². The zero-order chi connectivity index (χ0) is 13.3. The average molecular weight is 268 g/mol. The van der Waals surface area contributed by atoms with Gasteiger partial charge in [-0.3, -0.25) is 4.57 Å². The molecule has 0 amide bonds. The first-order valence-corrected chi connectivity index (χ1v) is 7.87. The SMILES string of the molecule is CCCCC[C@@H](O)[C@H](O)P(=O)(OCC)OCC. The lowest BCUT2D eigenvalue weighted by Gasteiger charge is -2.25. The summed E-state index contributed by atoms with van der Waals surface area (Å²) in [5.41, 5.74) is 0. The number of unbranched alkanes of at least 4 members (excludes halogenated alkanes) is 2. The Balaban J connectivity index is 4.38. The molecule has 0 unspecified atom stereocenters. The van der Waals surface area contributed by atoms with Crippen LogP contribution < -0.4 is 0 Å². The summed E-state index contributed by atoms with van der Waals surface area (Å²) < 4.78 is 22.1. The lowest BCUT2D eigenvalue weighted by Crippen LogP contribution is -2.27. The van der Waals surface area contributed by atoms with Crippen molar-refractivity contribution in [2.75, 3.05) is 13.2 Å². The lowest BCUT2D eigenvalue weighted by molar-refractivity contribution is 0.0346. The molecule has 0 heterocycles. The molecule has 0 saturated carbocycles. The fourth-order valence-electron chi connectivity index (χ4n) is 1.51. The van der Waals surface area contributed by atoms with E-state index < -0.39 is 19.5 Å². The summed E-state index contributed by atoms with van der Waals surface area (Å²) >= 11 is 0. The van der Waals surface area contributed by atoms with E-state index in [1.54, 1.807) is 13.8 Å². The van der Waals surface area contributed by atoms with Crippen LogP contribution in [0.5, 0.6) is 0 Å². The molecule has 17 heavy (non-hydrogen) atoms. The minimum absolute atomic E-state index is 0.177. The zero-order valence-electron chi connectivity index (χ0n) is 11.0. The van der Waals surface area contributed by atoms with E-state index in [2.05, 4.69) is 0 Å². The van der Waals surface area contributed by atoms with E-state index in [0.29, 0.717) is 6.42 Å². The van der Waals surface area contributed by atoms with E-state index in [9.17, 15) is 14.8 Å². The highest BCUT2D eigenvalue weighted by Gasteiger charge is 2.38. The Morgan fingerprint density at radius 3 is 2.00 bits per heavy atom. The van der Waals surface area contributed by atoms with Crippen molar-refractivity contribution in [1.29, 1.82) is 0 Å². The van der Waals surface area contributed by atoms with Gasteiger partial charge in [0.05, 0.1) is 19.3 Å². The van der Waals surface area contributed by atoms with E-state index in [4.69, 9.17) is 9.05 Å². The van der Waals surface area contributed by atoms with E-state index in [1.807, 2.05) is 6.92 Å². The van der Waals surface area contributed by atoms with E-state index >= 15 is 0 Å². The predicted octanol–water partition coefficient (Wildman–Crippen LogP) is 2.51. The molecule has 0 aliphatic carbocycles. The third-order valence-corrected chi connectivity index (χ3v) is 4.62. The summed E-state index contributed by atoms with van der Waals surface area (Å²) in [7, 11) is -3.61. The van der Waals surface area contributed by atoms with Gasteiger partial charge in [-0.2, -0.15) is 0 Å². The van der Waals surface area contributed by atoms with Crippen molar-refractivity contribution >= 4 is 7.60 Å². The fourth-order valence-corrected chi connectivity index (χ4v) is 3.18. The second-order valence-corrected chi connectivity index (χ2v) is 5.98. The van der Waals surface area contributed by atoms with Crippen LogP contribution in [0.2, 0.25) is 0 Å². The second kappa shape index (κ2) is 9.06. The zero-order valence-corrected chi connectivity index (χ0v) is 11.9. The van der Waals surface area contributed by atoms with Crippen LogP contribution in [0.15, 0.2) is 0 Å². The highest BCUT2D eigenvalue weighted by atomic mass is 31.2. The molecule has 104 valence electrons. The average Bonchev–Trinajstić information content (AvgIpc) is 2.29. The van der Waals surface area contributed by atoms with Crippen molar-refractivity contribution in [3.63, 3.8) is 0 Å². The number of aliphatic hydroxyl groups excluding tert-OH is 2. The summed E-state index contributed by atoms with van der Waals surface area (Å²) in [6, 6.07) is 0. The van der Waals surface area contributed by atoms with Crippen LogP contribution in [-0.4, -0.2) is 35.4 Å². The number of aliphatic hydroxyl groups is 2. The van der Waals surface area contributed by atoms with Crippen LogP contribution in [0.1, 0.15) is 46.5 Å². The van der Waals surface area contributed by atoms with Crippen molar-refractivity contribution in [3.8, 4) is 0 Å². The van der Waals surface area contributed by atoms with Gasteiger partial charge in [0.2, 0.25) is 0 Å². The van der Waals surface area contributed by atoms with Gasteiger partial charge in [-0.05, 0) is 20.3 Å². The minimum Gasteiger partial charge on any atom is -0.390 e. The molecule has 0 spiro atoms. The molecule has 0 radical (unpaired) electrons. The van der Waals surface area contributed by atoms with Gasteiger partial charge in [0.25, 0.3) is 0 Å². The summed E-state index contributed by atoms with van der Waals surface area (Å²) in [5, 5.41) is 19.6. The maximum atomic E-state index is 12.1. The Morgan fingerprint density at radius 2 is 1.59 bits per heavy atom. The number of hydrogen-bond acceptors (Lipinski definition) is 5. The molecule has 0 saturated heterocycles. The van der Waals surface area contributed by atoms with Gasteiger partial charge in [0.15, 0.2) is 5.85 Å². The van der Waals surface area contributed by atoms with Gasteiger partial charge in [-0.1, -0.05) is 26.2 Å². The Labute approximate surface area is 104 Å². The predicted molar refractivity (Wildman–Crippen MR) is 67.0 cm³/mol. The smallest absolute Gasteiger partial charge is 0.361 e. The maximum absolute atomic E-state index is 12.1. The van der Waals surface area contributed by atoms with Crippen LogP contribution in [0.3, 0.4) is 0 Å². The summed E-state index contributed by atoms with van der Waals surface area (Å²) in [5.74, 6) is -1.46. The van der Waals surface area contributed by atoms with Crippen LogP contribution in [-0.2, 0) is 13.6 Å². The standard InChI is InChI=1S/C11H25O5P/c1-4-7-8-9-10(12)11(13)17(14,15-5-2)16-6-3/h10-13H,4-9H2,1-3H3/t10-,11-/m1/s1. The summed E-state index contributed by atoms with van der Waals surface area (Å²) in [6.45, 7) is 5.74. The molecule has 0 bridgehead atoms. The molecule has 0 rings (SSSR count). The van der Waals surface area contributed by atoms with Gasteiger partial charge in [0.1, 0.15) is 0 Å². The Morgan fingerprint density at radius 1 is 1.06 bits per heavy atom.